The molecule has 1 aliphatic carbocycles. The molecule has 94 valence electrons. The molecule has 2 rings (SSSR count). The van der Waals surface area contributed by atoms with E-state index in [1.165, 1.54) is 31.2 Å². The van der Waals surface area contributed by atoms with Crippen LogP contribution < -0.4 is 5.32 Å². The molecular weight excluding hydrogens is 230 g/mol. The van der Waals surface area contributed by atoms with Crippen molar-refractivity contribution in [2.45, 2.75) is 45.1 Å². The zero-order chi connectivity index (χ0) is 12.3. The Morgan fingerprint density at radius 1 is 1.35 bits per heavy atom. The van der Waals surface area contributed by atoms with Gasteiger partial charge in [-0.15, -0.1) is 0 Å². The Kier molecular flexibility index (Phi) is 4.11. The number of likely N-dealkylation sites (N-methyl/N-ethyl adjacent to an activating group) is 1. The molecule has 2 heteroatoms. The van der Waals surface area contributed by atoms with Gasteiger partial charge in [0.15, 0.2) is 0 Å². The molecule has 0 amide bonds. The highest BCUT2D eigenvalue weighted by Crippen LogP contribution is 2.41. The van der Waals surface area contributed by atoms with E-state index < -0.39 is 0 Å². The average molecular weight is 252 g/mol. The van der Waals surface area contributed by atoms with Crippen LogP contribution in [0.2, 0.25) is 5.02 Å². The van der Waals surface area contributed by atoms with E-state index in [0.717, 1.165) is 11.4 Å². The van der Waals surface area contributed by atoms with Crippen molar-refractivity contribution in [1.29, 1.82) is 0 Å². The lowest BCUT2D eigenvalue weighted by Crippen LogP contribution is -2.41. The third kappa shape index (κ3) is 3.02. The van der Waals surface area contributed by atoms with Crippen LogP contribution in [0.25, 0.3) is 0 Å². The van der Waals surface area contributed by atoms with Crippen molar-refractivity contribution in [2.24, 2.45) is 5.41 Å². The molecule has 1 N–H and O–H groups in total. The summed E-state index contributed by atoms with van der Waals surface area (Å²) in [5.74, 6) is 0. The van der Waals surface area contributed by atoms with Gasteiger partial charge < -0.3 is 5.32 Å². The Hall–Kier alpha value is -0.530. The maximum Gasteiger partial charge on any atom is 0.0408 e. The Morgan fingerprint density at radius 2 is 2.06 bits per heavy atom. The van der Waals surface area contributed by atoms with Gasteiger partial charge in [-0.2, -0.15) is 0 Å². The molecule has 0 bridgehead atoms. The van der Waals surface area contributed by atoms with E-state index in [2.05, 4.69) is 31.4 Å². The van der Waals surface area contributed by atoms with Crippen molar-refractivity contribution in [3.63, 3.8) is 0 Å². The second-order valence-corrected chi connectivity index (χ2v) is 5.97. The van der Waals surface area contributed by atoms with Crippen LogP contribution in [0.1, 0.15) is 38.2 Å². The van der Waals surface area contributed by atoms with Gasteiger partial charge in [0.25, 0.3) is 0 Å². The van der Waals surface area contributed by atoms with E-state index in [1.807, 2.05) is 12.1 Å². The molecule has 0 aromatic heterocycles. The van der Waals surface area contributed by atoms with Gasteiger partial charge in [-0.3, -0.25) is 0 Å². The minimum atomic E-state index is 0.455. The Labute approximate surface area is 110 Å². The summed E-state index contributed by atoms with van der Waals surface area (Å²) in [4.78, 5) is 0. The fraction of sp³-hybridized carbons (Fsp3) is 0.600. The SMILES string of the molecule is CNC(Cc1cccc(Cl)c1)C1(C)CCCC1. The summed E-state index contributed by atoms with van der Waals surface area (Å²) >= 11 is 6.05. The summed E-state index contributed by atoms with van der Waals surface area (Å²) in [5, 5.41) is 4.35. The van der Waals surface area contributed by atoms with Crippen molar-refractivity contribution in [2.75, 3.05) is 7.05 Å². The number of nitrogens with one attached hydrogen (secondary N) is 1. The zero-order valence-electron chi connectivity index (χ0n) is 10.8. The zero-order valence-corrected chi connectivity index (χ0v) is 11.6. The molecule has 0 aliphatic heterocycles. The molecule has 1 nitrogen and oxygen atoms in total. The third-order valence-corrected chi connectivity index (χ3v) is 4.50. The number of rotatable bonds is 4. The molecule has 1 atom stereocenters. The molecule has 0 heterocycles. The lowest BCUT2D eigenvalue weighted by molar-refractivity contribution is 0.229. The van der Waals surface area contributed by atoms with E-state index in [-0.39, 0.29) is 0 Å². The number of hydrogen-bond acceptors (Lipinski definition) is 1. The molecule has 1 fully saturated rings. The van der Waals surface area contributed by atoms with Gasteiger partial charge in [-0.1, -0.05) is 43.5 Å². The first-order chi connectivity index (χ1) is 8.14. The van der Waals surface area contributed by atoms with Crippen LogP contribution in [0, 0.1) is 5.41 Å². The van der Waals surface area contributed by atoms with Crippen LogP contribution in [-0.4, -0.2) is 13.1 Å². The van der Waals surface area contributed by atoms with Crippen LogP contribution in [0.15, 0.2) is 24.3 Å². The summed E-state index contributed by atoms with van der Waals surface area (Å²) < 4.78 is 0. The first kappa shape index (κ1) is 12.9. The lowest BCUT2D eigenvalue weighted by Gasteiger charge is -2.34. The first-order valence-corrected chi connectivity index (χ1v) is 6.93. The van der Waals surface area contributed by atoms with E-state index in [9.17, 15) is 0 Å². The Bertz CT molecular complexity index is 369. The second-order valence-electron chi connectivity index (χ2n) is 5.54. The molecule has 17 heavy (non-hydrogen) atoms. The van der Waals surface area contributed by atoms with Gasteiger partial charge >= 0.3 is 0 Å². The highest BCUT2D eigenvalue weighted by Gasteiger charge is 2.35. The molecule has 0 saturated heterocycles. The predicted octanol–water partition coefficient (Wildman–Crippen LogP) is 4.05. The maximum atomic E-state index is 6.05. The van der Waals surface area contributed by atoms with Crippen molar-refractivity contribution in [3.05, 3.63) is 34.9 Å². The van der Waals surface area contributed by atoms with Gasteiger partial charge in [0, 0.05) is 11.1 Å². The van der Waals surface area contributed by atoms with Gasteiger partial charge in [0.2, 0.25) is 0 Å². The smallest absolute Gasteiger partial charge is 0.0408 e. The Balaban J connectivity index is 2.09. The largest absolute Gasteiger partial charge is 0.316 e. The standard InChI is InChI=1S/C15H22ClN/c1-15(8-3-4-9-15)14(17-2)11-12-6-5-7-13(16)10-12/h5-7,10,14,17H,3-4,8-9,11H2,1-2H3. The monoisotopic (exact) mass is 251 g/mol. The minimum Gasteiger partial charge on any atom is -0.316 e. The molecule has 1 aromatic rings. The number of hydrogen-bond donors (Lipinski definition) is 1. The quantitative estimate of drug-likeness (QED) is 0.851. The molecule has 0 spiro atoms. The van der Waals surface area contributed by atoms with Crippen LogP contribution in [0.3, 0.4) is 0 Å². The van der Waals surface area contributed by atoms with Gasteiger partial charge in [-0.25, -0.2) is 0 Å². The molecule has 1 unspecified atom stereocenters. The highest BCUT2D eigenvalue weighted by atomic mass is 35.5. The second kappa shape index (κ2) is 5.41. The lowest BCUT2D eigenvalue weighted by atomic mass is 9.78. The van der Waals surface area contributed by atoms with Crippen LogP contribution >= 0.6 is 11.6 Å². The number of halogens is 1. The van der Waals surface area contributed by atoms with E-state index >= 15 is 0 Å². The van der Waals surface area contributed by atoms with Crippen LogP contribution in [-0.2, 0) is 6.42 Å². The van der Waals surface area contributed by atoms with E-state index in [0.29, 0.717) is 11.5 Å². The summed E-state index contributed by atoms with van der Waals surface area (Å²) in [6, 6.07) is 8.81. The summed E-state index contributed by atoms with van der Waals surface area (Å²) in [5.41, 5.74) is 1.79. The van der Waals surface area contributed by atoms with Crippen LogP contribution in [0.5, 0.6) is 0 Å². The van der Waals surface area contributed by atoms with Gasteiger partial charge in [0.05, 0.1) is 0 Å². The van der Waals surface area contributed by atoms with E-state index in [4.69, 9.17) is 11.6 Å². The van der Waals surface area contributed by atoms with Gasteiger partial charge in [0.1, 0.15) is 0 Å². The van der Waals surface area contributed by atoms with Crippen molar-refractivity contribution in [1.82, 2.24) is 5.32 Å². The summed E-state index contributed by atoms with van der Waals surface area (Å²) in [6.45, 7) is 2.42. The van der Waals surface area contributed by atoms with Crippen molar-refractivity contribution >= 4 is 11.6 Å². The predicted molar refractivity (Wildman–Crippen MR) is 74.6 cm³/mol. The molecular formula is C15H22ClN. The summed E-state index contributed by atoms with van der Waals surface area (Å²) in [6.07, 6.45) is 6.53. The molecule has 1 aromatic carbocycles. The fourth-order valence-corrected chi connectivity index (χ4v) is 3.34. The topological polar surface area (TPSA) is 12.0 Å². The Morgan fingerprint density at radius 3 is 2.65 bits per heavy atom. The molecule has 0 radical (unpaired) electrons. The average Bonchev–Trinajstić information content (AvgIpc) is 2.74. The molecule has 1 aliphatic rings. The van der Waals surface area contributed by atoms with Gasteiger partial charge in [-0.05, 0) is 49.4 Å². The van der Waals surface area contributed by atoms with Crippen LogP contribution in [0.4, 0.5) is 0 Å². The number of benzene rings is 1. The summed E-state index contributed by atoms with van der Waals surface area (Å²) in [7, 11) is 2.08. The van der Waals surface area contributed by atoms with Crippen molar-refractivity contribution in [3.8, 4) is 0 Å². The molecule has 1 saturated carbocycles. The highest BCUT2D eigenvalue weighted by molar-refractivity contribution is 6.30. The normalized spacial score (nSPS) is 20.4. The first-order valence-electron chi connectivity index (χ1n) is 6.56. The van der Waals surface area contributed by atoms with E-state index in [1.54, 1.807) is 0 Å². The third-order valence-electron chi connectivity index (χ3n) is 4.26. The van der Waals surface area contributed by atoms with Crippen molar-refractivity contribution < 1.29 is 0 Å². The fourth-order valence-electron chi connectivity index (χ4n) is 3.13. The minimum absolute atomic E-state index is 0.455. The maximum absolute atomic E-state index is 6.05.